The van der Waals surface area contributed by atoms with E-state index in [9.17, 15) is 4.79 Å². The van der Waals surface area contributed by atoms with Crippen LogP contribution in [0, 0.1) is 0 Å². The van der Waals surface area contributed by atoms with Gasteiger partial charge in [0.05, 0.1) is 0 Å². The summed E-state index contributed by atoms with van der Waals surface area (Å²) in [5, 5.41) is 3.03. The summed E-state index contributed by atoms with van der Waals surface area (Å²) in [5.41, 5.74) is 8.23. The van der Waals surface area contributed by atoms with Crippen molar-refractivity contribution in [2.24, 2.45) is 10.7 Å². The van der Waals surface area contributed by atoms with Crippen LogP contribution in [-0.4, -0.2) is 29.4 Å². The maximum atomic E-state index is 12.2. The van der Waals surface area contributed by atoms with E-state index in [2.05, 4.69) is 22.4 Å². The van der Waals surface area contributed by atoms with Crippen molar-refractivity contribution in [2.75, 3.05) is 6.54 Å². The molecule has 5 nitrogen and oxygen atoms in total. The van der Waals surface area contributed by atoms with Crippen molar-refractivity contribution < 1.29 is 4.79 Å². The molecule has 0 unspecified atom stereocenters. The standard InChI is InChI=1S/C16H24N4O.HI/c1-12(2)19-16(17)18-9-5-8-15(21)20-10-13-6-3-4-7-14(13)11-20;/h3-4,6-7,12H,5,8-11H2,1-2H3,(H3,17,18,19);1H. The summed E-state index contributed by atoms with van der Waals surface area (Å²) in [7, 11) is 0. The van der Waals surface area contributed by atoms with Crippen molar-refractivity contribution in [3.63, 3.8) is 0 Å². The van der Waals surface area contributed by atoms with Crippen molar-refractivity contribution in [1.29, 1.82) is 0 Å². The highest BCUT2D eigenvalue weighted by atomic mass is 127. The van der Waals surface area contributed by atoms with Crippen LogP contribution in [0.5, 0.6) is 0 Å². The number of halogens is 1. The number of rotatable bonds is 5. The fourth-order valence-electron chi connectivity index (χ4n) is 2.44. The minimum atomic E-state index is 0. The first-order chi connectivity index (χ1) is 10.1. The van der Waals surface area contributed by atoms with Crippen LogP contribution in [0.2, 0.25) is 0 Å². The number of guanidine groups is 1. The van der Waals surface area contributed by atoms with E-state index in [0.717, 1.165) is 19.5 Å². The topological polar surface area (TPSA) is 70.7 Å². The van der Waals surface area contributed by atoms with Gasteiger partial charge in [-0.15, -0.1) is 24.0 Å². The molecule has 1 aromatic rings. The van der Waals surface area contributed by atoms with Gasteiger partial charge in [0.2, 0.25) is 5.91 Å². The van der Waals surface area contributed by atoms with Crippen LogP contribution in [0.15, 0.2) is 29.3 Å². The smallest absolute Gasteiger partial charge is 0.223 e. The molecule has 0 aliphatic carbocycles. The number of fused-ring (bicyclic) bond motifs is 1. The molecular weight excluding hydrogens is 391 g/mol. The number of carbonyl (C=O) groups excluding carboxylic acids is 1. The Bertz CT molecular complexity index is 506. The normalized spacial score (nSPS) is 13.8. The number of hydrogen-bond acceptors (Lipinski definition) is 2. The average Bonchev–Trinajstić information content (AvgIpc) is 2.86. The van der Waals surface area contributed by atoms with Crippen LogP contribution in [0.1, 0.15) is 37.8 Å². The first kappa shape index (κ1) is 18.7. The van der Waals surface area contributed by atoms with Crippen molar-refractivity contribution in [1.82, 2.24) is 10.2 Å². The van der Waals surface area contributed by atoms with Gasteiger partial charge < -0.3 is 16.0 Å². The molecule has 1 aliphatic heterocycles. The number of hydrogen-bond donors (Lipinski definition) is 2. The van der Waals surface area contributed by atoms with Gasteiger partial charge in [0.1, 0.15) is 0 Å². The summed E-state index contributed by atoms with van der Waals surface area (Å²) in [4.78, 5) is 18.3. The number of amides is 1. The molecular formula is C16H25IN4O. The lowest BCUT2D eigenvalue weighted by Gasteiger charge is -2.15. The Morgan fingerprint density at radius 1 is 1.32 bits per heavy atom. The van der Waals surface area contributed by atoms with Crippen LogP contribution in [-0.2, 0) is 17.9 Å². The van der Waals surface area contributed by atoms with Crippen molar-refractivity contribution in [2.45, 2.75) is 45.8 Å². The summed E-state index contributed by atoms with van der Waals surface area (Å²) >= 11 is 0. The Balaban J connectivity index is 0.00000242. The number of nitrogens with zero attached hydrogens (tertiary/aromatic N) is 2. The first-order valence-corrected chi connectivity index (χ1v) is 7.47. The number of aliphatic imine (C=N–C) groups is 1. The Kier molecular flexibility index (Phi) is 7.64. The number of nitrogens with one attached hydrogen (secondary N) is 1. The van der Waals surface area contributed by atoms with E-state index in [1.807, 2.05) is 30.9 Å². The third-order valence-electron chi connectivity index (χ3n) is 3.46. The summed E-state index contributed by atoms with van der Waals surface area (Å²) in [5.74, 6) is 0.641. The summed E-state index contributed by atoms with van der Waals surface area (Å²) in [6, 6.07) is 8.49. The fourth-order valence-corrected chi connectivity index (χ4v) is 2.44. The second-order valence-corrected chi connectivity index (χ2v) is 5.69. The van der Waals surface area contributed by atoms with Crippen molar-refractivity contribution >= 4 is 35.8 Å². The molecule has 0 spiro atoms. The molecule has 1 amide bonds. The second-order valence-electron chi connectivity index (χ2n) is 5.69. The van der Waals surface area contributed by atoms with Crippen molar-refractivity contribution in [3.05, 3.63) is 35.4 Å². The molecule has 1 aromatic carbocycles. The Morgan fingerprint density at radius 2 is 1.91 bits per heavy atom. The molecule has 2 rings (SSSR count). The molecule has 1 heterocycles. The highest BCUT2D eigenvalue weighted by Crippen LogP contribution is 2.22. The molecule has 0 saturated carbocycles. The largest absolute Gasteiger partial charge is 0.370 e. The van der Waals surface area contributed by atoms with Crippen LogP contribution >= 0.6 is 24.0 Å². The fraction of sp³-hybridized carbons (Fsp3) is 0.500. The monoisotopic (exact) mass is 416 g/mol. The lowest BCUT2D eigenvalue weighted by molar-refractivity contribution is -0.131. The molecule has 22 heavy (non-hydrogen) atoms. The van der Waals surface area contributed by atoms with E-state index in [1.54, 1.807) is 0 Å². The van der Waals surface area contributed by atoms with Crippen LogP contribution in [0.4, 0.5) is 0 Å². The zero-order valence-electron chi connectivity index (χ0n) is 13.2. The van der Waals surface area contributed by atoms with Crippen LogP contribution < -0.4 is 11.1 Å². The minimum Gasteiger partial charge on any atom is -0.370 e. The van der Waals surface area contributed by atoms with E-state index in [-0.39, 0.29) is 35.9 Å². The lowest BCUT2D eigenvalue weighted by atomic mass is 10.1. The van der Waals surface area contributed by atoms with E-state index in [0.29, 0.717) is 18.9 Å². The van der Waals surface area contributed by atoms with Gasteiger partial charge in [0.25, 0.3) is 0 Å². The summed E-state index contributed by atoms with van der Waals surface area (Å²) < 4.78 is 0. The highest BCUT2D eigenvalue weighted by Gasteiger charge is 2.21. The maximum Gasteiger partial charge on any atom is 0.223 e. The Morgan fingerprint density at radius 3 is 2.45 bits per heavy atom. The quantitative estimate of drug-likeness (QED) is 0.335. The predicted molar refractivity (Wildman–Crippen MR) is 100 cm³/mol. The zero-order valence-corrected chi connectivity index (χ0v) is 15.5. The minimum absolute atomic E-state index is 0. The maximum absolute atomic E-state index is 12.2. The molecule has 3 N–H and O–H groups in total. The van der Waals surface area contributed by atoms with E-state index in [4.69, 9.17) is 5.73 Å². The molecule has 1 aliphatic rings. The van der Waals surface area contributed by atoms with E-state index in [1.165, 1.54) is 11.1 Å². The predicted octanol–water partition coefficient (Wildman–Crippen LogP) is 2.24. The van der Waals surface area contributed by atoms with E-state index >= 15 is 0 Å². The molecule has 0 bridgehead atoms. The van der Waals surface area contributed by atoms with E-state index < -0.39 is 0 Å². The molecule has 0 aromatic heterocycles. The molecule has 122 valence electrons. The third kappa shape index (κ3) is 5.47. The van der Waals surface area contributed by atoms with Gasteiger partial charge >= 0.3 is 0 Å². The highest BCUT2D eigenvalue weighted by molar-refractivity contribution is 14.0. The summed E-state index contributed by atoms with van der Waals surface area (Å²) in [6.07, 6.45) is 1.25. The average molecular weight is 416 g/mol. The van der Waals surface area contributed by atoms with Gasteiger partial charge in [0, 0.05) is 32.1 Å². The van der Waals surface area contributed by atoms with Gasteiger partial charge in [-0.1, -0.05) is 24.3 Å². The SMILES string of the molecule is CC(C)NC(N)=NCCCC(=O)N1Cc2ccccc2C1.I. The number of benzene rings is 1. The van der Waals surface area contributed by atoms with Crippen molar-refractivity contribution in [3.8, 4) is 0 Å². The van der Waals surface area contributed by atoms with Gasteiger partial charge in [0.15, 0.2) is 5.96 Å². The first-order valence-electron chi connectivity index (χ1n) is 7.47. The van der Waals surface area contributed by atoms with Crippen LogP contribution in [0.3, 0.4) is 0 Å². The van der Waals surface area contributed by atoms with Gasteiger partial charge in [-0.05, 0) is 31.4 Å². The van der Waals surface area contributed by atoms with Gasteiger partial charge in [-0.2, -0.15) is 0 Å². The molecule has 6 heteroatoms. The van der Waals surface area contributed by atoms with Gasteiger partial charge in [-0.3, -0.25) is 9.79 Å². The van der Waals surface area contributed by atoms with Gasteiger partial charge in [-0.25, -0.2) is 0 Å². The molecule has 0 radical (unpaired) electrons. The molecule has 0 fully saturated rings. The molecule has 0 saturated heterocycles. The third-order valence-corrected chi connectivity index (χ3v) is 3.46. The Labute approximate surface area is 149 Å². The molecule has 0 atom stereocenters. The summed E-state index contributed by atoms with van der Waals surface area (Å²) in [6.45, 7) is 6.07. The lowest BCUT2D eigenvalue weighted by Crippen LogP contribution is -2.36. The Hall–Kier alpha value is -1.31. The zero-order chi connectivity index (χ0) is 15.2. The number of carbonyl (C=O) groups is 1. The van der Waals surface area contributed by atoms with Crippen LogP contribution in [0.25, 0.3) is 0 Å². The number of nitrogens with two attached hydrogens (primary N) is 1. The second kappa shape index (κ2) is 8.97.